The van der Waals surface area contributed by atoms with Crippen molar-refractivity contribution in [2.45, 2.75) is 33.3 Å². The molecule has 0 spiro atoms. The largest absolute Gasteiger partial charge is 0.377 e. The topological polar surface area (TPSA) is 89.9 Å². The number of pyridine rings is 1. The predicted molar refractivity (Wildman–Crippen MR) is 103 cm³/mol. The number of amides is 1. The Labute approximate surface area is 159 Å². The summed E-state index contributed by atoms with van der Waals surface area (Å²) in [6.07, 6.45) is 3.75. The van der Waals surface area contributed by atoms with Gasteiger partial charge in [0.15, 0.2) is 0 Å². The van der Waals surface area contributed by atoms with E-state index in [1.54, 1.807) is 13.3 Å². The molecule has 0 bridgehead atoms. The van der Waals surface area contributed by atoms with Gasteiger partial charge in [-0.1, -0.05) is 24.7 Å². The Balaban J connectivity index is 1.78. The fourth-order valence-electron chi connectivity index (χ4n) is 2.37. The first-order valence-corrected chi connectivity index (χ1v) is 9.79. The number of rotatable bonds is 7. The minimum absolute atomic E-state index is 0.228. The summed E-state index contributed by atoms with van der Waals surface area (Å²) in [6, 6.07) is 3.95. The van der Waals surface area contributed by atoms with E-state index in [4.69, 9.17) is 4.74 Å². The van der Waals surface area contributed by atoms with E-state index in [2.05, 4.69) is 32.4 Å². The number of thiazole rings is 1. The molecule has 3 rings (SSSR count). The maximum Gasteiger partial charge on any atom is 0.269 e. The summed E-state index contributed by atoms with van der Waals surface area (Å²) in [5, 5.41) is 12.7. The van der Waals surface area contributed by atoms with Crippen LogP contribution in [0.4, 0.5) is 5.13 Å². The maximum atomic E-state index is 12.6. The molecule has 26 heavy (non-hydrogen) atoms. The van der Waals surface area contributed by atoms with Crippen molar-refractivity contribution in [2.75, 3.05) is 12.4 Å². The van der Waals surface area contributed by atoms with Crippen LogP contribution in [-0.4, -0.2) is 33.2 Å². The fraction of sp³-hybridized carbons (Fsp3) is 0.353. The third kappa shape index (κ3) is 4.29. The molecule has 0 fully saturated rings. The average Bonchev–Trinajstić information content (AvgIpc) is 3.22. The number of aromatic nitrogens is 4. The number of ether oxygens (including phenoxy) is 1. The van der Waals surface area contributed by atoms with Crippen molar-refractivity contribution in [2.24, 2.45) is 0 Å². The van der Waals surface area contributed by atoms with Crippen LogP contribution in [0.25, 0.3) is 10.6 Å². The van der Waals surface area contributed by atoms with Gasteiger partial charge in [-0.05, 0) is 25.5 Å². The number of hydrogen-bond acceptors (Lipinski definition) is 8. The molecular weight excluding hydrogens is 370 g/mol. The standard InChI is InChI=1S/C17H19N5O2S2/c1-4-5-12-8-11(6-7-18-12)16-19-10(2)14(26-16)15(23)20-17-22-21-13(25-17)9-24-3/h6-8H,4-5,9H2,1-3H3,(H,20,22,23). The van der Waals surface area contributed by atoms with Crippen LogP contribution in [-0.2, 0) is 17.8 Å². The normalized spacial score (nSPS) is 10.9. The average molecular weight is 390 g/mol. The summed E-state index contributed by atoms with van der Waals surface area (Å²) in [5.41, 5.74) is 2.70. The third-order valence-corrected chi connectivity index (χ3v) is 5.55. The molecule has 136 valence electrons. The number of hydrogen-bond donors (Lipinski definition) is 1. The quantitative estimate of drug-likeness (QED) is 0.662. The van der Waals surface area contributed by atoms with Gasteiger partial charge in [0, 0.05) is 24.6 Å². The van der Waals surface area contributed by atoms with E-state index in [1.165, 1.54) is 22.7 Å². The van der Waals surface area contributed by atoms with Crippen LogP contribution in [0.2, 0.25) is 0 Å². The number of carbonyl (C=O) groups is 1. The zero-order valence-electron chi connectivity index (χ0n) is 14.8. The molecular formula is C17H19N5O2S2. The van der Waals surface area contributed by atoms with Crippen molar-refractivity contribution < 1.29 is 9.53 Å². The van der Waals surface area contributed by atoms with Crippen molar-refractivity contribution in [3.63, 3.8) is 0 Å². The molecule has 1 amide bonds. The van der Waals surface area contributed by atoms with E-state index in [9.17, 15) is 4.79 Å². The minimum Gasteiger partial charge on any atom is -0.377 e. The van der Waals surface area contributed by atoms with Crippen molar-refractivity contribution in [3.05, 3.63) is 39.6 Å². The number of nitrogens with one attached hydrogen (secondary N) is 1. The van der Waals surface area contributed by atoms with Gasteiger partial charge in [0.2, 0.25) is 5.13 Å². The fourth-order valence-corrected chi connectivity index (χ4v) is 4.04. The molecule has 0 aliphatic carbocycles. The van der Waals surface area contributed by atoms with E-state index in [0.29, 0.717) is 27.3 Å². The zero-order valence-corrected chi connectivity index (χ0v) is 16.4. The first kappa shape index (κ1) is 18.6. The highest BCUT2D eigenvalue weighted by Crippen LogP contribution is 2.29. The third-order valence-electron chi connectivity index (χ3n) is 3.53. The van der Waals surface area contributed by atoms with Crippen LogP contribution in [0.15, 0.2) is 18.3 Å². The SMILES string of the molecule is CCCc1cc(-c2nc(C)c(C(=O)Nc3nnc(COC)s3)s2)ccn1. The molecule has 0 unspecified atom stereocenters. The van der Waals surface area contributed by atoms with Crippen LogP contribution in [0.3, 0.4) is 0 Å². The molecule has 0 saturated heterocycles. The predicted octanol–water partition coefficient (Wildman–Crippen LogP) is 3.72. The van der Waals surface area contributed by atoms with Gasteiger partial charge < -0.3 is 4.74 Å². The van der Waals surface area contributed by atoms with E-state index in [1.807, 2.05) is 19.1 Å². The van der Waals surface area contributed by atoms with Crippen LogP contribution >= 0.6 is 22.7 Å². The highest BCUT2D eigenvalue weighted by Gasteiger charge is 2.18. The molecule has 0 atom stereocenters. The van der Waals surface area contributed by atoms with Gasteiger partial charge in [0.25, 0.3) is 5.91 Å². The molecule has 7 nitrogen and oxygen atoms in total. The smallest absolute Gasteiger partial charge is 0.269 e. The van der Waals surface area contributed by atoms with E-state index >= 15 is 0 Å². The van der Waals surface area contributed by atoms with E-state index in [-0.39, 0.29) is 5.91 Å². The lowest BCUT2D eigenvalue weighted by molar-refractivity contribution is 0.102. The van der Waals surface area contributed by atoms with Crippen molar-refractivity contribution >= 4 is 33.7 Å². The van der Waals surface area contributed by atoms with Gasteiger partial charge in [-0.2, -0.15) is 0 Å². The second-order valence-corrected chi connectivity index (χ2v) is 7.67. The van der Waals surface area contributed by atoms with Crippen LogP contribution < -0.4 is 5.32 Å². The van der Waals surface area contributed by atoms with Gasteiger partial charge in [-0.3, -0.25) is 15.1 Å². The molecule has 0 aliphatic rings. The Morgan fingerprint density at radius 3 is 2.92 bits per heavy atom. The summed E-state index contributed by atoms with van der Waals surface area (Å²) in [4.78, 5) is 22.1. The summed E-state index contributed by atoms with van der Waals surface area (Å²) in [5.74, 6) is -0.228. The van der Waals surface area contributed by atoms with Gasteiger partial charge in [-0.25, -0.2) is 4.98 Å². The lowest BCUT2D eigenvalue weighted by atomic mass is 10.2. The molecule has 3 heterocycles. The minimum atomic E-state index is -0.228. The molecule has 0 aromatic carbocycles. The Bertz CT molecular complexity index is 906. The van der Waals surface area contributed by atoms with Crippen molar-refractivity contribution in [1.82, 2.24) is 20.2 Å². The van der Waals surface area contributed by atoms with Crippen molar-refractivity contribution in [1.29, 1.82) is 0 Å². The highest BCUT2D eigenvalue weighted by atomic mass is 32.1. The Morgan fingerprint density at radius 2 is 2.15 bits per heavy atom. The Hall–Kier alpha value is -2.23. The number of aryl methyl sites for hydroxylation is 2. The summed E-state index contributed by atoms with van der Waals surface area (Å²) >= 11 is 2.66. The molecule has 3 aromatic rings. The molecule has 9 heteroatoms. The second-order valence-electron chi connectivity index (χ2n) is 5.61. The van der Waals surface area contributed by atoms with Crippen LogP contribution in [0, 0.1) is 6.92 Å². The van der Waals surface area contributed by atoms with Crippen LogP contribution in [0.5, 0.6) is 0 Å². The lowest BCUT2D eigenvalue weighted by Gasteiger charge is -2.00. The maximum absolute atomic E-state index is 12.6. The summed E-state index contributed by atoms with van der Waals surface area (Å²) < 4.78 is 5.01. The Kier molecular flexibility index (Phi) is 6.02. The monoisotopic (exact) mass is 389 g/mol. The number of anilines is 1. The van der Waals surface area contributed by atoms with Crippen molar-refractivity contribution in [3.8, 4) is 10.6 Å². The molecule has 3 aromatic heterocycles. The molecule has 0 saturated carbocycles. The number of methoxy groups -OCH3 is 1. The second kappa shape index (κ2) is 8.43. The first-order chi connectivity index (χ1) is 12.6. The van der Waals surface area contributed by atoms with Crippen LogP contribution in [0.1, 0.15) is 39.4 Å². The molecule has 0 radical (unpaired) electrons. The summed E-state index contributed by atoms with van der Waals surface area (Å²) in [7, 11) is 1.59. The molecule has 1 N–H and O–H groups in total. The molecule has 0 aliphatic heterocycles. The first-order valence-electron chi connectivity index (χ1n) is 8.16. The van der Waals surface area contributed by atoms with E-state index < -0.39 is 0 Å². The highest BCUT2D eigenvalue weighted by molar-refractivity contribution is 7.17. The van der Waals surface area contributed by atoms with Gasteiger partial charge in [0.1, 0.15) is 21.5 Å². The van der Waals surface area contributed by atoms with Gasteiger partial charge >= 0.3 is 0 Å². The zero-order chi connectivity index (χ0) is 18.5. The summed E-state index contributed by atoms with van der Waals surface area (Å²) in [6.45, 7) is 4.33. The van der Waals surface area contributed by atoms with Gasteiger partial charge in [0.05, 0.1) is 5.69 Å². The number of nitrogens with zero attached hydrogens (tertiary/aromatic N) is 4. The van der Waals surface area contributed by atoms with Gasteiger partial charge in [-0.15, -0.1) is 21.5 Å². The van der Waals surface area contributed by atoms with E-state index in [0.717, 1.165) is 29.1 Å². The Morgan fingerprint density at radius 1 is 1.31 bits per heavy atom. The lowest BCUT2D eigenvalue weighted by Crippen LogP contribution is -2.11. The number of carbonyl (C=O) groups excluding carboxylic acids is 1.